The first kappa shape index (κ1) is 13.7. The quantitative estimate of drug-likeness (QED) is 0.862. The third-order valence-electron chi connectivity index (χ3n) is 4.00. The average molecular weight is 295 g/mol. The molecule has 1 aromatic heterocycles. The Morgan fingerprint density at radius 2 is 2.05 bits per heavy atom. The van der Waals surface area contributed by atoms with E-state index in [1.165, 1.54) is 17.0 Å². The summed E-state index contributed by atoms with van der Waals surface area (Å²) in [5, 5.41) is 5.30. The second-order valence-corrected chi connectivity index (χ2v) is 8.38. The van der Waals surface area contributed by atoms with Crippen LogP contribution >= 0.6 is 23.5 Å². The Morgan fingerprint density at radius 3 is 2.84 bits per heavy atom. The molecule has 0 amide bonds. The molecule has 0 aromatic carbocycles. The van der Waals surface area contributed by atoms with Gasteiger partial charge in [-0.3, -0.25) is 0 Å². The predicted octanol–water partition coefficient (Wildman–Crippen LogP) is 2.73. The number of thioether (sulfide) groups is 2. The Bertz CT molecular complexity index is 478. The van der Waals surface area contributed by atoms with Crippen molar-refractivity contribution in [3.63, 3.8) is 0 Å². The number of aryl methyl sites for hydroxylation is 1. The minimum absolute atomic E-state index is 0.468. The second kappa shape index (κ2) is 5.62. The van der Waals surface area contributed by atoms with Gasteiger partial charge < -0.3 is 5.32 Å². The van der Waals surface area contributed by atoms with Crippen LogP contribution in [0.15, 0.2) is 0 Å². The Balaban J connectivity index is 1.87. The second-order valence-electron chi connectivity index (χ2n) is 5.39. The third-order valence-corrected chi connectivity index (χ3v) is 7.38. The highest BCUT2D eigenvalue weighted by atomic mass is 32.2. The van der Waals surface area contributed by atoms with Gasteiger partial charge in [0.1, 0.15) is 5.82 Å². The van der Waals surface area contributed by atoms with Gasteiger partial charge in [0.25, 0.3) is 0 Å². The normalized spacial score (nSPS) is 31.0. The van der Waals surface area contributed by atoms with Crippen molar-refractivity contribution in [3.8, 4) is 0 Å². The molecule has 0 bridgehead atoms. The molecule has 2 aliphatic rings. The van der Waals surface area contributed by atoms with Gasteiger partial charge in [0.05, 0.1) is 10.9 Å². The van der Waals surface area contributed by atoms with Crippen LogP contribution in [0.25, 0.3) is 0 Å². The number of hydrogen-bond acceptors (Lipinski definition) is 5. The molecule has 1 fully saturated rings. The molecule has 0 aliphatic carbocycles. The molecule has 3 atom stereocenters. The summed E-state index contributed by atoms with van der Waals surface area (Å²) in [6.07, 6.45) is 1.04. The largest absolute Gasteiger partial charge is 0.312 e. The zero-order chi connectivity index (χ0) is 13.4. The van der Waals surface area contributed by atoms with Gasteiger partial charge in [0, 0.05) is 47.0 Å². The van der Waals surface area contributed by atoms with Crippen molar-refractivity contribution in [2.45, 2.75) is 49.5 Å². The van der Waals surface area contributed by atoms with E-state index in [0.717, 1.165) is 36.3 Å². The van der Waals surface area contributed by atoms with E-state index < -0.39 is 0 Å². The molecule has 1 aromatic rings. The summed E-state index contributed by atoms with van der Waals surface area (Å²) in [5.74, 6) is 2.21. The summed E-state index contributed by atoms with van der Waals surface area (Å²) < 4.78 is 0. The Kier molecular flexibility index (Phi) is 4.06. The molecular formula is C14H21N3S2. The van der Waals surface area contributed by atoms with E-state index in [4.69, 9.17) is 9.97 Å². The van der Waals surface area contributed by atoms with Crippen molar-refractivity contribution in [3.05, 3.63) is 22.8 Å². The fourth-order valence-corrected chi connectivity index (χ4v) is 5.44. The molecule has 3 nitrogen and oxygen atoms in total. The molecule has 5 heteroatoms. The molecule has 3 unspecified atom stereocenters. The lowest BCUT2D eigenvalue weighted by molar-refractivity contribution is 0.614. The third kappa shape index (κ3) is 2.78. The highest BCUT2D eigenvalue weighted by Gasteiger charge is 2.29. The minimum Gasteiger partial charge on any atom is -0.312 e. The van der Waals surface area contributed by atoms with Gasteiger partial charge in [0.2, 0.25) is 0 Å². The van der Waals surface area contributed by atoms with Crippen molar-refractivity contribution in [2.75, 3.05) is 12.3 Å². The fourth-order valence-electron chi connectivity index (χ4n) is 2.60. The number of nitrogens with one attached hydrogen (secondary N) is 1. The zero-order valence-corrected chi connectivity index (χ0v) is 13.4. The number of aromatic nitrogens is 2. The monoisotopic (exact) mass is 295 g/mol. The topological polar surface area (TPSA) is 37.8 Å². The van der Waals surface area contributed by atoms with Crippen molar-refractivity contribution >= 4 is 23.5 Å². The van der Waals surface area contributed by atoms with Crippen molar-refractivity contribution in [1.29, 1.82) is 0 Å². The fraction of sp³-hybridized carbons (Fsp3) is 0.714. The van der Waals surface area contributed by atoms with E-state index in [9.17, 15) is 0 Å². The molecule has 19 heavy (non-hydrogen) atoms. The molecule has 3 heterocycles. The Morgan fingerprint density at radius 1 is 1.21 bits per heavy atom. The van der Waals surface area contributed by atoms with Crippen LogP contribution in [0.3, 0.4) is 0 Å². The Hall–Kier alpha value is -0.260. The molecule has 1 saturated heterocycles. The molecular weight excluding hydrogens is 274 g/mol. The van der Waals surface area contributed by atoms with E-state index in [1.54, 1.807) is 0 Å². The zero-order valence-electron chi connectivity index (χ0n) is 11.8. The molecule has 0 spiro atoms. The number of nitrogens with zero attached hydrogens (tertiary/aromatic N) is 2. The molecule has 1 N–H and O–H groups in total. The molecule has 3 rings (SSSR count). The van der Waals surface area contributed by atoms with Gasteiger partial charge in [0.15, 0.2) is 0 Å². The minimum atomic E-state index is 0.468. The van der Waals surface area contributed by atoms with Crippen LogP contribution in [0.4, 0.5) is 0 Å². The summed E-state index contributed by atoms with van der Waals surface area (Å²) in [7, 11) is 0. The van der Waals surface area contributed by atoms with Crippen LogP contribution in [0.5, 0.6) is 0 Å². The maximum atomic E-state index is 4.87. The lowest BCUT2D eigenvalue weighted by Gasteiger charge is -2.31. The standard InChI is InChI=1S/C14H21N3S2/c1-8-11-6-15-5-4-12(11)17-14(16-8)13-7-18-9(2)10(3)19-13/h9-10,13,15H,4-7H2,1-3H3. The van der Waals surface area contributed by atoms with E-state index in [-0.39, 0.29) is 0 Å². The summed E-state index contributed by atoms with van der Waals surface area (Å²) in [6, 6.07) is 0. The van der Waals surface area contributed by atoms with Gasteiger partial charge in [-0.1, -0.05) is 13.8 Å². The first-order valence-electron chi connectivity index (χ1n) is 6.99. The van der Waals surface area contributed by atoms with Crippen molar-refractivity contribution in [1.82, 2.24) is 15.3 Å². The van der Waals surface area contributed by atoms with Gasteiger partial charge in [-0.2, -0.15) is 11.8 Å². The lowest BCUT2D eigenvalue weighted by Crippen LogP contribution is -2.28. The number of fused-ring (bicyclic) bond motifs is 1. The molecule has 2 aliphatic heterocycles. The van der Waals surface area contributed by atoms with Crippen LogP contribution in [0.2, 0.25) is 0 Å². The summed E-state index contributed by atoms with van der Waals surface area (Å²) in [4.78, 5) is 9.66. The lowest BCUT2D eigenvalue weighted by atomic mass is 10.1. The SMILES string of the molecule is Cc1nc(C2CSC(C)C(C)S2)nc2c1CNCC2. The van der Waals surface area contributed by atoms with Crippen LogP contribution in [-0.2, 0) is 13.0 Å². The van der Waals surface area contributed by atoms with Crippen LogP contribution < -0.4 is 5.32 Å². The van der Waals surface area contributed by atoms with Gasteiger partial charge in [-0.15, -0.1) is 11.8 Å². The Labute approximate surface area is 123 Å². The van der Waals surface area contributed by atoms with Crippen LogP contribution in [-0.4, -0.2) is 32.8 Å². The summed E-state index contributed by atoms with van der Waals surface area (Å²) in [5.41, 5.74) is 3.77. The highest BCUT2D eigenvalue weighted by Crippen LogP contribution is 2.43. The first-order valence-corrected chi connectivity index (χ1v) is 8.98. The van der Waals surface area contributed by atoms with E-state index in [2.05, 4.69) is 37.8 Å². The smallest absolute Gasteiger partial charge is 0.142 e. The van der Waals surface area contributed by atoms with E-state index >= 15 is 0 Å². The van der Waals surface area contributed by atoms with E-state index in [1.807, 2.05) is 11.8 Å². The van der Waals surface area contributed by atoms with Crippen LogP contribution in [0, 0.1) is 6.92 Å². The highest BCUT2D eigenvalue weighted by molar-refractivity contribution is 8.07. The average Bonchev–Trinajstić information content (AvgIpc) is 2.42. The van der Waals surface area contributed by atoms with Gasteiger partial charge >= 0.3 is 0 Å². The van der Waals surface area contributed by atoms with Crippen molar-refractivity contribution < 1.29 is 0 Å². The maximum Gasteiger partial charge on any atom is 0.142 e. The summed E-state index contributed by atoms with van der Waals surface area (Å²) in [6.45, 7) is 8.75. The first-order chi connectivity index (χ1) is 9.15. The van der Waals surface area contributed by atoms with Gasteiger partial charge in [-0.05, 0) is 6.92 Å². The maximum absolute atomic E-state index is 4.87. The van der Waals surface area contributed by atoms with Crippen LogP contribution in [0.1, 0.15) is 41.9 Å². The molecule has 0 radical (unpaired) electrons. The molecule has 104 valence electrons. The van der Waals surface area contributed by atoms with Gasteiger partial charge in [-0.25, -0.2) is 9.97 Å². The molecule has 0 saturated carbocycles. The number of hydrogen-bond donors (Lipinski definition) is 1. The number of rotatable bonds is 1. The van der Waals surface area contributed by atoms with E-state index in [0.29, 0.717) is 10.5 Å². The van der Waals surface area contributed by atoms with Crippen molar-refractivity contribution in [2.24, 2.45) is 0 Å². The predicted molar refractivity (Wildman–Crippen MR) is 83.9 cm³/mol. The summed E-state index contributed by atoms with van der Waals surface area (Å²) >= 11 is 4.10.